The maximum Gasteiger partial charge on any atom is 0.388 e. The van der Waals surface area contributed by atoms with Crippen LogP contribution in [0.1, 0.15) is 34.1 Å². The van der Waals surface area contributed by atoms with Crippen molar-refractivity contribution in [2.45, 2.75) is 26.0 Å². The van der Waals surface area contributed by atoms with Gasteiger partial charge in [-0.25, -0.2) is 18.7 Å². The summed E-state index contributed by atoms with van der Waals surface area (Å²) in [6.45, 7) is -1.58. The average molecular weight is 483 g/mol. The molecule has 0 spiro atoms. The third-order valence-electron chi connectivity index (χ3n) is 4.49. The first-order chi connectivity index (χ1) is 15.6. The third-order valence-corrected chi connectivity index (χ3v) is 5.55. The zero-order valence-corrected chi connectivity index (χ0v) is 17.7. The molecule has 1 aromatic carbocycles. The van der Waals surface area contributed by atoms with Crippen LogP contribution in [0.2, 0.25) is 0 Å². The average Bonchev–Trinajstić information content (AvgIpc) is 3.14. The molecule has 174 valence electrons. The SMILES string of the molecule is C[C@H](C(N)=O)N(c1ccc(C(F)F)cc1)c1nc(N)c(C(=O)c2ccc(OC(F)F)nc2)s1. The molecule has 0 radical (unpaired) electrons. The van der Waals surface area contributed by atoms with Crippen LogP contribution in [-0.2, 0) is 4.79 Å². The first kappa shape index (κ1) is 23.9. The largest absolute Gasteiger partial charge is 0.417 e. The normalized spacial score (nSPS) is 12.1. The zero-order valence-electron chi connectivity index (χ0n) is 16.9. The molecule has 2 heterocycles. The van der Waals surface area contributed by atoms with Gasteiger partial charge in [-0.3, -0.25) is 9.59 Å². The summed E-state index contributed by atoms with van der Waals surface area (Å²) in [7, 11) is 0. The number of nitrogen functional groups attached to an aromatic ring is 1. The minimum absolute atomic E-state index is 0.000184. The second-order valence-corrected chi connectivity index (χ2v) is 7.62. The van der Waals surface area contributed by atoms with Crippen molar-refractivity contribution in [1.82, 2.24) is 9.97 Å². The molecular weight excluding hydrogens is 466 g/mol. The fourth-order valence-corrected chi connectivity index (χ4v) is 3.85. The molecule has 3 aromatic rings. The van der Waals surface area contributed by atoms with Gasteiger partial charge in [-0.15, -0.1) is 0 Å². The van der Waals surface area contributed by atoms with Crippen LogP contribution in [0.3, 0.4) is 0 Å². The van der Waals surface area contributed by atoms with Gasteiger partial charge >= 0.3 is 6.61 Å². The molecule has 2 aromatic heterocycles. The van der Waals surface area contributed by atoms with Gasteiger partial charge in [-0.05, 0) is 25.1 Å². The van der Waals surface area contributed by atoms with E-state index in [1.807, 2.05) is 0 Å². The van der Waals surface area contributed by atoms with Crippen molar-refractivity contribution >= 4 is 39.7 Å². The quantitative estimate of drug-likeness (QED) is 0.349. The van der Waals surface area contributed by atoms with Crippen molar-refractivity contribution in [1.29, 1.82) is 0 Å². The molecular formula is C20H17F4N5O3S. The monoisotopic (exact) mass is 483 g/mol. The summed E-state index contributed by atoms with van der Waals surface area (Å²) in [4.78, 5) is 33.9. The van der Waals surface area contributed by atoms with Crippen LogP contribution < -0.4 is 21.1 Å². The number of rotatable bonds is 9. The maximum atomic E-state index is 12.9. The summed E-state index contributed by atoms with van der Waals surface area (Å²) >= 11 is 0.842. The second-order valence-electron chi connectivity index (χ2n) is 6.64. The lowest BCUT2D eigenvalue weighted by molar-refractivity contribution is -0.118. The number of carbonyl (C=O) groups is 2. The Labute approximate surface area is 188 Å². The standard InChI is InChI=1S/C20H17F4N5O3S/c1-9(18(26)31)29(12-5-2-10(3-6-12)16(21)22)20-28-17(25)15(33-20)14(30)11-4-7-13(27-8-11)32-19(23)24/h2-9,16,19H,25H2,1H3,(H2,26,31)/t9-/m1/s1. The van der Waals surface area contributed by atoms with Crippen molar-refractivity contribution in [3.05, 3.63) is 58.6 Å². The summed E-state index contributed by atoms with van der Waals surface area (Å²) in [6.07, 6.45) is -1.63. The number of ether oxygens (including phenoxy) is 1. The highest BCUT2D eigenvalue weighted by Crippen LogP contribution is 2.36. The van der Waals surface area contributed by atoms with Crippen molar-refractivity contribution in [3.63, 3.8) is 0 Å². The van der Waals surface area contributed by atoms with Gasteiger partial charge in [0, 0.05) is 29.1 Å². The molecule has 1 atom stereocenters. The Hall–Kier alpha value is -3.74. The van der Waals surface area contributed by atoms with Gasteiger partial charge in [-0.2, -0.15) is 8.78 Å². The molecule has 1 amide bonds. The molecule has 0 saturated carbocycles. The van der Waals surface area contributed by atoms with Crippen LogP contribution in [0.5, 0.6) is 5.88 Å². The fourth-order valence-electron chi connectivity index (χ4n) is 2.80. The molecule has 8 nitrogen and oxygen atoms in total. The van der Waals surface area contributed by atoms with E-state index in [1.54, 1.807) is 0 Å². The van der Waals surface area contributed by atoms with Crippen molar-refractivity contribution < 1.29 is 31.9 Å². The summed E-state index contributed by atoms with van der Waals surface area (Å²) in [5.41, 5.74) is 11.5. The summed E-state index contributed by atoms with van der Waals surface area (Å²) in [5.74, 6) is -1.84. The minimum atomic E-state index is -3.06. The number of nitrogens with two attached hydrogens (primary N) is 2. The molecule has 13 heteroatoms. The lowest BCUT2D eigenvalue weighted by Gasteiger charge is -2.26. The number of benzene rings is 1. The molecule has 0 saturated heterocycles. The Balaban J connectivity index is 1.95. The number of hydrogen-bond donors (Lipinski definition) is 2. The van der Waals surface area contributed by atoms with E-state index in [1.165, 1.54) is 42.2 Å². The number of ketones is 1. The van der Waals surface area contributed by atoms with Crippen LogP contribution in [0.15, 0.2) is 42.6 Å². The van der Waals surface area contributed by atoms with Crippen molar-refractivity contribution in [2.24, 2.45) is 5.73 Å². The number of amides is 1. The Kier molecular flexibility index (Phi) is 7.11. The molecule has 0 aliphatic heterocycles. The maximum absolute atomic E-state index is 12.9. The molecule has 3 rings (SSSR count). The van der Waals surface area contributed by atoms with Crippen LogP contribution in [0, 0.1) is 0 Å². The summed E-state index contributed by atoms with van der Waals surface area (Å²) in [5, 5.41) is 0.123. The highest BCUT2D eigenvalue weighted by molar-refractivity contribution is 7.18. The van der Waals surface area contributed by atoms with Gasteiger partial charge in [-0.1, -0.05) is 23.5 Å². The lowest BCUT2D eigenvalue weighted by Crippen LogP contribution is -2.39. The fraction of sp³-hybridized carbons (Fsp3) is 0.200. The van der Waals surface area contributed by atoms with E-state index in [9.17, 15) is 27.2 Å². The van der Waals surface area contributed by atoms with Crippen LogP contribution in [-0.4, -0.2) is 34.3 Å². The molecule has 0 aliphatic carbocycles. The Morgan fingerprint density at radius 2 is 1.76 bits per heavy atom. The number of primary amides is 1. The first-order valence-electron chi connectivity index (χ1n) is 9.27. The highest BCUT2D eigenvalue weighted by atomic mass is 32.1. The third kappa shape index (κ3) is 5.37. The Morgan fingerprint density at radius 1 is 1.09 bits per heavy atom. The molecule has 0 unspecified atom stereocenters. The van der Waals surface area contributed by atoms with Gasteiger partial charge in [0.2, 0.25) is 17.6 Å². The topological polar surface area (TPSA) is 124 Å². The van der Waals surface area contributed by atoms with Gasteiger partial charge in [0.05, 0.1) is 0 Å². The zero-order chi connectivity index (χ0) is 24.3. The predicted molar refractivity (Wildman–Crippen MR) is 113 cm³/mol. The van der Waals surface area contributed by atoms with Crippen molar-refractivity contribution in [2.75, 3.05) is 10.6 Å². The van der Waals surface area contributed by atoms with Gasteiger partial charge in [0.25, 0.3) is 6.43 Å². The highest BCUT2D eigenvalue weighted by Gasteiger charge is 2.27. The smallest absolute Gasteiger partial charge is 0.388 e. The number of carbonyl (C=O) groups excluding carboxylic acids is 2. The van der Waals surface area contributed by atoms with E-state index < -0.39 is 30.8 Å². The van der Waals surface area contributed by atoms with Crippen LogP contribution >= 0.6 is 11.3 Å². The van der Waals surface area contributed by atoms with Crippen LogP contribution in [0.25, 0.3) is 0 Å². The van der Waals surface area contributed by atoms with Gasteiger partial charge in [0.1, 0.15) is 16.7 Å². The number of hydrogen-bond acceptors (Lipinski definition) is 8. The molecule has 0 bridgehead atoms. The van der Waals surface area contributed by atoms with E-state index in [0.717, 1.165) is 23.6 Å². The number of thiazole rings is 1. The number of aromatic nitrogens is 2. The van der Waals surface area contributed by atoms with E-state index >= 15 is 0 Å². The lowest BCUT2D eigenvalue weighted by atomic mass is 10.1. The number of alkyl halides is 4. The molecule has 0 aliphatic rings. The molecule has 33 heavy (non-hydrogen) atoms. The van der Waals surface area contributed by atoms with E-state index in [4.69, 9.17) is 11.5 Å². The van der Waals surface area contributed by atoms with E-state index in [0.29, 0.717) is 5.69 Å². The first-order valence-corrected chi connectivity index (χ1v) is 10.1. The number of halogens is 4. The second kappa shape index (κ2) is 9.81. The summed E-state index contributed by atoms with van der Waals surface area (Å²) in [6, 6.07) is 6.50. The number of anilines is 3. The van der Waals surface area contributed by atoms with Gasteiger partial charge < -0.3 is 21.1 Å². The Morgan fingerprint density at radius 3 is 2.27 bits per heavy atom. The summed E-state index contributed by atoms with van der Waals surface area (Å²) < 4.78 is 54.5. The van der Waals surface area contributed by atoms with Crippen molar-refractivity contribution in [3.8, 4) is 5.88 Å². The minimum Gasteiger partial charge on any atom is -0.417 e. The molecule has 0 fully saturated rings. The number of nitrogens with zero attached hydrogens (tertiary/aromatic N) is 3. The van der Waals surface area contributed by atoms with Gasteiger partial charge in [0.15, 0.2) is 5.13 Å². The molecule has 4 N–H and O–H groups in total. The van der Waals surface area contributed by atoms with E-state index in [-0.39, 0.29) is 32.8 Å². The van der Waals surface area contributed by atoms with Crippen LogP contribution in [0.4, 0.5) is 34.2 Å². The Bertz CT molecular complexity index is 1140. The van der Waals surface area contributed by atoms with E-state index in [2.05, 4.69) is 14.7 Å². The number of pyridine rings is 1. The predicted octanol–water partition coefficient (Wildman–Crippen LogP) is 3.90.